The molecule has 4 nitrogen and oxygen atoms in total. The van der Waals surface area contributed by atoms with E-state index in [9.17, 15) is 0 Å². The highest BCUT2D eigenvalue weighted by Gasteiger charge is 1.99. The Labute approximate surface area is 69.9 Å². The smallest absolute Gasteiger partial charge is 0.115 e. The Morgan fingerprint density at radius 3 is 2.58 bits per heavy atom. The van der Waals surface area contributed by atoms with Crippen LogP contribution in [0.15, 0.2) is 31.0 Å². The fraction of sp³-hybridized carbons (Fsp3) is 0.125. The lowest BCUT2D eigenvalue weighted by Crippen LogP contribution is -1.88. The number of rotatable bonds is 1. The highest BCUT2D eigenvalue weighted by atomic mass is 15.2. The van der Waals surface area contributed by atoms with Gasteiger partial charge in [0.05, 0.1) is 5.69 Å². The molecule has 0 aliphatic carbocycles. The Morgan fingerprint density at radius 2 is 2.00 bits per heavy atom. The number of aromatic nitrogens is 4. The Balaban J connectivity index is 2.45. The summed E-state index contributed by atoms with van der Waals surface area (Å²) >= 11 is 0. The van der Waals surface area contributed by atoms with Crippen LogP contribution in [0.1, 0.15) is 0 Å². The molecule has 2 aromatic heterocycles. The lowest BCUT2D eigenvalue weighted by atomic mass is 10.2. The van der Waals surface area contributed by atoms with Crippen LogP contribution in [-0.4, -0.2) is 19.7 Å². The zero-order valence-electron chi connectivity index (χ0n) is 6.68. The average molecular weight is 160 g/mol. The molecule has 2 heterocycles. The van der Waals surface area contributed by atoms with E-state index in [-0.39, 0.29) is 0 Å². The van der Waals surface area contributed by atoms with Crippen molar-refractivity contribution in [3.63, 3.8) is 0 Å². The van der Waals surface area contributed by atoms with Gasteiger partial charge in [-0.3, -0.25) is 4.68 Å². The summed E-state index contributed by atoms with van der Waals surface area (Å²) in [5.74, 6) is 0. The van der Waals surface area contributed by atoms with Crippen LogP contribution in [0.5, 0.6) is 0 Å². The molecule has 0 spiro atoms. The third kappa shape index (κ3) is 1.18. The number of hydrogen-bond acceptors (Lipinski definition) is 3. The van der Waals surface area contributed by atoms with Gasteiger partial charge in [0.1, 0.15) is 6.33 Å². The molecule has 0 N–H and O–H groups in total. The summed E-state index contributed by atoms with van der Waals surface area (Å²) in [5.41, 5.74) is 1.84. The molecule has 0 saturated carbocycles. The van der Waals surface area contributed by atoms with Crippen LogP contribution in [0, 0.1) is 0 Å². The molecular weight excluding hydrogens is 152 g/mol. The maximum absolute atomic E-state index is 4.22. The molecule has 0 unspecified atom stereocenters. The quantitative estimate of drug-likeness (QED) is 0.622. The van der Waals surface area contributed by atoms with E-state index in [2.05, 4.69) is 15.1 Å². The van der Waals surface area contributed by atoms with Crippen molar-refractivity contribution in [3.05, 3.63) is 31.0 Å². The molecule has 0 atom stereocenters. The summed E-state index contributed by atoms with van der Waals surface area (Å²) in [6, 6.07) is 1.93. The molecule has 2 aromatic rings. The molecule has 2 rings (SSSR count). The lowest BCUT2D eigenvalue weighted by molar-refractivity contribution is 0.770. The number of hydrogen-bond donors (Lipinski definition) is 0. The van der Waals surface area contributed by atoms with Crippen molar-refractivity contribution in [1.29, 1.82) is 0 Å². The topological polar surface area (TPSA) is 43.6 Å². The molecule has 0 fully saturated rings. The molecule has 0 aliphatic rings. The Morgan fingerprint density at radius 1 is 1.25 bits per heavy atom. The van der Waals surface area contributed by atoms with Gasteiger partial charge in [0.2, 0.25) is 0 Å². The van der Waals surface area contributed by atoms with Crippen LogP contribution >= 0.6 is 0 Å². The number of aryl methyl sites for hydroxylation is 1. The van der Waals surface area contributed by atoms with Gasteiger partial charge in [0.25, 0.3) is 0 Å². The van der Waals surface area contributed by atoms with Crippen molar-refractivity contribution < 1.29 is 0 Å². The van der Waals surface area contributed by atoms with Gasteiger partial charge < -0.3 is 0 Å². The summed E-state index contributed by atoms with van der Waals surface area (Å²) < 4.78 is 1.75. The van der Waals surface area contributed by atoms with Gasteiger partial charge in [-0.05, 0) is 6.07 Å². The summed E-state index contributed by atoms with van der Waals surface area (Å²) in [5, 5.41) is 4.22. The standard InChI is InChI=1S/C8H8N4/c1-12-3-2-8(11-12)7-4-9-6-10-5-7/h2-6H,1H3. The van der Waals surface area contributed by atoms with E-state index in [0.29, 0.717) is 0 Å². The van der Waals surface area contributed by atoms with Crippen LogP contribution in [0.25, 0.3) is 11.3 Å². The zero-order chi connectivity index (χ0) is 8.39. The maximum atomic E-state index is 4.22. The minimum absolute atomic E-state index is 0.901. The van der Waals surface area contributed by atoms with Gasteiger partial charge in [0.15, 0.2) is 0 Å². The maximum Gasteiger partial charge on any atom is 0.115 e. The Kier molecular flexibility index (Phi) is 1.59. The second-order valence-electron chi connectivity index (χ2n) is 2.50. The first-order chi connectivity index (χ1) is 5.86. The zero-order valence-corrected chi connectivity index (χ0v) is 6.68. The average Bonchev–Trinajstić information content (AvgIpc) is 2.54. The summed E-state index contributed by atoms with van der Waals surface area (Å²) in [6.07, 6.45) is 6.89. The Bertz CT molecular complexity index is 366. The first-order valence-electron chi connectivity index (χ1n) is 3.61. The minimum atomic E-state index is 0.901. The van der Waals surface area contributed by atoms with Gasteiger partial charge >= 0.3 is 0 Å². The van der Waals surface area contributed by atoms with Gasteiger partial charge in [0, 0.05) is 31.2 Å². The molecule has 12 heavy (non-hydrogen) atoms. The molecule has 60 valence electrons. The van der Waals surface area contributed by atoms with E-state index in [1.54, 1.807) is 17.1 Å². The monoisotopic (exact) mass is 160 g/mol. The molecule has 0 saturated heterocycles. The molecule has 4 heteroatoms. The van der Waals surface area contributed by atoms with Crippen molar-refractivity contribution in [2.24, 2.45) is 7.05 Å². The van der Waals surface area contributed by atoms with Crippen LogP contribution in [0.3, 0.4) is 0 Å². The molecule has 0 radical (unpaired) electrons. The van der Waals surface area contributed by atoms with Crippen molar-refractivity contribution in [2.75, 3.05) is 0 Å². The minimum Gasteiger partial charge on any atom is -0.275 e. The van der Waals surface area contributed by atoms with Crippen LogP contribution < -0.4 is 0 Å². The fourth-order valence-electron chi connectivity index (χ4n) is 1.00. The Hall–Kier alpha value is -1.71. The van der Waals surface area contributed by atoms with E-state index >= 15 is 0 Å². The fourth-order valence-corrected chi connectivity index (χ4v) is 1.00. The summed E-state index contributed by atoms with van der Waals surface area (Å²) in [7, 11) is 1.88. The van der Waals surface area contributed by atoms with Gasteiger partial charge in [-0.25, -0.2) is 9.97 Å². The largest absolute Gasteiger partial charge is 0.275 e. The van der Waals surface area contributed by atoms with Crippen molar-refractivity contribution in [2.45, 2.75) is 0 Å². The van der Waals surface area contributed by atoms with E-state index in [4.69, 9.17) is 0 Å². The van der Waals surface area contributed by atoms with Gasteiger partial charge in [-0.15, -0.1) is 0 Å². The molecule has 0 bridgehead atoms. The predicted molar refractivity (Wildman–Crippen MR) is 44.2 cm³/mol. The van der Waals surface area contributed by atoms with E-state index in [0.717, 1.165) is 11.3 Å². The van der Waals surface area contributed by atoms with E-state index in [1.807, 2.05) is 19.3 Å². The summed E-state index contributed by atoms with van der Waals surface area (Å²) in [4.78, 5) is 7.82. The van der Waals surface area contributed by atoms with E-state index < -0.39 is 0 Å². The molecule has 0 aromatic carbocycles. The highest BCUT2D eigenvalue weighted by Crippen LogP contribution is 2.12. The highest BCUT2D eigenvalue weighted by molar-refractivity contribution is 5.55. The molecule has 0 aliphatic heterocycles. The second-order valence-corrected chi connectivity index (χ2v) is 2.50. The SMILES string of the molecule is Cn1ccc(-c2cncnc2)n1. The summed E-state index contributed by atoms with van der Waals surface area (Å²) in [6.45, 7) is 0. The third-order valence-corrected chi connectivity index (χ3v) is 1.57. The molecule has 0 amide bonds. The van der Waals surface area contributed by atoms with Gasteiger partial charge in [-0.1, -0.05) is 0 Å². The van der Waals surface area contributed by atoms with Crippen molar-refractivity contribution >= 4 is 0 Å². The normalized spacial score (nSPS) is 10.1. The van der Waals surface area contributed by atoms with E-state index in [1.165, 1.54) is 6.33 Å². The predicted octanol–water partition coefficient (Wildman–Crippen LogP) is 0.877. The third-order valence-electron chi connectivity index (χ3n) is 1.57. The molecular formula is C8H8N4. The van der Waals surface area contributed by atoms with Crippen LogP contribution in [-0.2, 0) is 7.05 Å². The van der Waals surface area contributed by atoms with Crippen molar-refractivity contribution in [3.8, 4) is 11.3 Å². The second kappa shape index (κ2) is 2.73. The number of nitrogens with zero attached hydrogens (tertiary/aromatic N) is 4. The van der Waals surface area contributed by atoms with Gasteiger partial charge in [-0.2, -0.15) is 5.10 Å². The lowest BCUT2D eigenvalue weighted by Gasteiger charge is -1.92. The van der Waals surface area contributed by atoms with Crippen LogP contribution in [0.2, 0.25) is 0 Å². The first-order valence-corrected chi connectivity index (χ1v) is 3.61. The first kappa shape index (κ1) is 6.97. The van der Waals surface area contributed by atoms with Crippen LogP contribution in [0.4, 0.5) is 0 Å². The van der Waals surface area contributed by atoms with Crippen molar-refractivity contribution in [1.82, 2.24) is 19.7 Å².